The van der Waals surface area contributed by atoms with Crippen LogP contribution in [0.15, 0.2) is 35.6 Å². The lowest BCUT2D eigenvalue weighted by Gasteiger charge is -2.40. The van der Waals surface area contributed by atoms with E-state index in [1.807, 2.05) is 0 Å². The number of sulfone groups is 1. The molecule has 164 valence electrons. The summed E-state index contributed by atoms with van der Waals surface area (Å²) < 4.78 is 40.1. The van der Waals surface area contributed by atoms with Crippen molar-refractivity contribution in [1.29, 1.82) is 0 Å². The zero-order chi connectivity index (χ0) is 22.6. The summed E-state index contributed by atoms with van der Waals surface area (Å²) in [5.74, 6) is -1.22. The molecule has 7 nitrogen and oxygen atoms in total. The highest BCUT2D eigenvalue weighted by Crippen LogP contribution is 2.49. The van der Waals surface area contributed by atoms with Crippen LogP contribution in [0.4, 0.5) is 4.39 Å². The first-order valence-corrected chi connectivity index (χ1v) is 11.8. The van der Waals surface area contributed by atoms with Crippen LogP contribution in [-0.4, -0.2) is 40.5 Å². The average molecular weight is 445 g/mol. The number of rotatable bonds is 5. The minimum absolute atomic E-state index is 0.0210. The second-order valence-corrected chi connectivity index (χ2v) is 11.2. The molecule has 1 aliphatic heterocycles. The minimum atomic E-state index is -3.67. The first-order valence-electron chi connectivity index (χ1n) is 10.1. The number of nitrogens with zero attached hydrogens (tertiary/aromatic N) is 3. The molecule has 31 heavy (non-hydrogen) atoms. The molecule has 1 aromatic heterocycles. The van der Waals surface area contributed by atoms with Gasteiger partial charge in [-0.2, -0.15) is 0 Å². The average Bonchev–Trinajstić information content (AvgIpc) is 3.53. The van der Waals surface area contributed by atoms with Crippen molar-refractivity contribution in [1.82, 2.24) is 9.97 Å². The fourth-order valence-electron chi connectivity index (χ4n) is 4.23. The smallest absolute Gasteiger partial charge is 0.187 e. The van der Waals surface area contributed by atoms with E-state index in [4.69, 9.17) is 5.73 Å². The van der Waals surface area contributed by atoms with Crippen molar-refractivity contribution in [2.45, 2.75) is 50.3 Å². The molecule has 1 saturated carbocycles. The third-order valence-corrected chi connectivity index (χ3v) is 9.17. The predicted octanol–water partition coefficient (Wildman–Crippen LogP) is 2.52. The number of benzene rings is 1. The summed E-state index contributed by atoms with van der Waals surface area (Å²) in [5, 5.41) is 0. The molecule has 1 aromatic carbocycles. The summed E-state index contributed by atoms with van der Waals surface area (Å²) in [4.78, 5) is 25.2. The third kappa shape index (κ3) is 3.64. The quantitative estimate of drug-likeness (QED) is 0.709. The Hall–Kier alpha value is -2.68. The largest absolute Gasteiger partial charge is 0.386 e. The number of ketones is 1. The van der Waals surface area contributed by atoms with Gasteiger partial charge in [0.05, 0.1) is 17.6 Å². The molecular weight excluding hydrogens is 419 g/mol. The maximum absolute atomic E-state index is 14.8. The lowest BCUT2D eigenvalue weighted by Crippen LogP contribution is -2.58. The van der Waals surface area contributed by atoms with Gasteiger partial charge in [0.1, 0.15) is 27.6 Å². The number of aromatic nitrogens is 2. The molecule has 9 heteroatoms. The number of hydrogen-bond donors (Lipinski definition) is 1. The first kappa shape index (κ1) is 21.5. The van der Waals surface area contributed by atoms with E-state index in [-0.39, 0.29) is 41.0 Å². The minimum Gasteiger partial charge on any atom is -0.386 e. The van der Waals surface area contributed by atoms with Gasteiger partial charge in [0, 0.05) is 18.2 Å². The molecule has 0 unspecified atom stereocenters. The number of nitrogens with two attached hydrogens (primary N) is 1. The van der Waals surface area contributed by atoms with Gasteiger partial charge in [-0.3, -0.25) is 14.8 Å². The van der Waals surface area contributed by atoms with Crippen molar-refractivity contribution in [3.63, 3.8) is 0 Å². The van der Waals surface area contributed by atoms with Crippen molar-refractivity contribution in [3.8, 4) is 0 Å². The molecule has 4 rings (SSSR count). The summed E-state index contributed by atoms with van der Waals surface area (Å²) in [5.41, 5.74) is 6.36. The molecule has 0 spiro atoms. The second-order valence-electron chi connectivity index (χ2n) is 8.87. The zero-order valence-corrected chi connectivity index (χ0v) is 18.5. The van der Waals surface area contributed by atoms with E-state index < -0.39 is 25.9 Å². The Morgan fingerprint density at radius 2 is 1.94 bits per heavy atom. The van der Waals surface area contributed by atoms with E-state index in [9.17, 15) is 17.6 Å². The van der Waals surface area contributed by atoms with Crippen LogP contribution in [0.25, 0.3) is 0 Å². The molecule has 2 heterocycles. The van der Waals surface area contributed by atoms with E-state index in [1.54, 1.807) is 20.8 Å². The van der Waals surface area contributed by atoms with Crippen LogP contribution < -0.4 is 5.73 Å². The molecule has 2 N–H and O–H groups in total. The molecule has 2 atom stereocenters. The van der Waals surface area contributed by atoms with Crippen LogP contribution in [0.1, 0.15) is 54.0 Å². The fourth-order valence-corrected chi connectivity index (χ4v) is 6.60. The van der Waals surface area contributed by atoms with Crippen molar-refractivity contribution in [3.05, 3.63) is 58.9 Å². The van der Waals surface area contributed by atoms with Crippen LogP contribution in [0.5, 0.6) is 0 Å². The lowest BCUT2D eigenvalue weighted by atomic mass is 9.90. The number of carbonyl (C=O) groups excluding carboxylic acids is 1. The fraction of sp³-hybridized carbons (Fsp3) is 0.455. The van der Waals surface area contributed by atoms with Gasteiger partial charge in [-0.05, 0) is 57.2 Å². The Labute approximate surface area is 180 Å². The summed E-state index contributed by atoms with van der Waals surface area (Å²) in [6, 6.07) is 4.23. The molecule has 2 aromatic rings. The van der Waals surface area contributed by atoms with E-state index >= 15 is 0 Å². The van der Waals surface area contributed by atoms with Crippen molar-refractivity contribution in [2.75, 3.05) is 5.75 Å². The maximum atomic E-state index is 14.8. The number of aliphatic imine (C=N–C) groups is 1. The molecular formula is C22H25FN4O3S. The molecule has 2 aliphatic rings. The number of carbonyl (C=O) groups is 1. The van der Waals surface area contributed by atoms with Gasteiger partial charge in [0.15, 0.2) is 15.6 Å². The molecule has 1 fully saturated rings. The van der Waals surface area contributed by atoms with Crippen LogP contribution in [0, 0.1) is 18.7 Å². The Morgan fingerprint density at radius 1 is 1.23 bits per heavy atom. The SMILES string of the molecule is Cc1cnc(C(=O)Cc2ccc(F)c([C@]3(C)CS(=O)(=O)[C@](C)(C4CC4)C(N)=N3)c2)cn1. The summed E-state index contributed by atoms with van der Waals surface area (Å²) >= 11 is 0. The molecule has 0 bridgehead atoms. The third-order valence-electron chi connectivity index (χ3n) is 6.39. The topological polar surface area (TPSA) is 115 Å². The van der Waals surface area contributed by atoms with E-state index in [0.29, 0.717) is 11.3 Å². The van der Waals surface area contributed by atoms with Crippen molar-refractivity contribution >= 4 is 21.5 Å². The Kier molecular flexibility index (Phi) is 4.99. The van der Waals surface area contributed by atoms with Crippen LogP contribution in [-0.2, 0) is 21.8 Å². The first-order chi connectivity index (χ1) is 14.5. The summed E-state index contributed by atoms with van der Waals surface area (Å²) in [6.45, 7) is 4.96. The number of hydrogen-bond acceptors (Lipinski definition) is 7. The van der Waals surface area contributed by atoms with Gasteiger partial charge in [0.2, 0.25) is 0 Å². The highest BCUT2D eigenvalue weighted by molar-refractivity contribution is 7.93. The number of aryl methyl sites for hydroxylation is 1. The van der Waals surface area contributed by atoms with Gasteiger partial charge in [-0.15, -0.1) is 0 Å². The van der Waals surface area contributed by atoms with Crippen molar-refractivity contribution in [2.24, 2.45) is 16.6 Å². The van der Waals surface area contributed by atoms with Gasteiger partial charge >= 0.3 is 0 Å². The maximum Gasteiger partial charge on any atom is 0.187 e. The van der Waals surface area contributed by atoms with Crippen LogP contribution in [0.2, 0.25) is 0 Å². The molecule has 0 amide bonds. The van der Waals surface area contributed by atoms with E-state index in [1.165, 1.54) is 30.6 Å². The van der Waals surface area contributed by atoms with Gasteiger partial charge in [-0.1, -0.05) is 6.07 Å². The Balaban J connectivity index is 1.69. The van der Waals surface area contributed by atoms with E-state index in [0.717, 1.165) is 12.8 Å². The molecule has 1 aliphatic carbocycles. The lowest BCUT2D eigenvalue weighted by molar-refractivity contribution is 0.0987. The monoisotopic (exact) mass is 444 g/mol. The van der Waals surface area contributed by atoms with Gasteiger partial charge in [-0.25, -0.2) is 17.8 Å². The van der Waals surface area contributed by atoms with Crippen LogP contribution in [0.3, 0.4) is 0 Å². The Morgan fingerprint density at radius 3 is 2.52 bits per heavy atom. The standard InChI is InChI=1S/C22H25FN4O3S/c1-13-10-26-18(11-25-13)19(28)9-14-4-7-17(23)16(8-14)21(2)12-31(29,30)22(3,15-5-6-15)20(24)27-21/h4,7-8,10-11,15H,5-6,9,12H2,1-3H3,(H2,24,27)/t21-,22+/m0/s1. The molecule has 0 saturated heterocycles. The number of halogens is 1. The van der Waals surface area contributed by atoms with Crippen LogP contribution >= 0.6 is 0 Å². The predicted molar refractivity (Wildman–Crippen MR) is 115 cm³/mol. The van der Waals surface area contributed by atoms with Gasteiger partial charge in [0.25, 0.3) is 0 Å². The van der Waals surface area contributed by atoms with Gasteiger partial charge < -0.3 is 5.73 Å². The Bertz CT molecular complexity index is 1190. The highest BCUT2D eigenvalue weighted by Gasteiger charge is 2.58. The van der Waals surface area contributed by atoms with Crippen molar-refractivity contribution < 1.29 is 17.6 Å². The number of Topliss-reactive ketones (excluding diaryl/α,β-unsaturated/α-hetero) is 1. The summed E-state index contributed by atoms with van der Waals surface area (Å²) in [6.07, 6.45) is 4.46. The van der Waals surface area contributed by atoms with E-state index in [2.05, 4.69) is 15.0 Å². The second kappa shape index (κ2) is 7.19. The highest BCUT2D eigenvalue weighted by atomic mass is 32.2. The normalized spacial score (nSPS) is 27.5. The zero-order valence-electron chi connectivity index (χ0n) is 17.7. The summed E-state index contributed by atoms with van der Waals surface area (Å²) in [7, 11) is -3.67. The number of amidine groups is 1. The molecule has 0 radical (unpaired) electrons.